The lowest BCUT2D eigenvalue weighted by Crippen LogP contribution is -2.41. The van der Waals surface area contributed by atoms with Crippen LogP contribution in [0.25, 0.3) is 0 Å². The van der Waals surface area contributed by atoms with E-state index in [1.807, 2.05) is 31.2 Å². The van der Waals surface area contributed by atoms with Gasteiger partial charge < -0.3 is 15.4 Å². The maximum Gasteiger partial charge on any atom is 0.237 e. The molecule has 1 atom stereocenters. The predicted octanol–water partition coefficient (Wildman–Crippen LogP) is 2.11. The Morgan fingerprint density at radius 3 is 2.95 bits per heavy atom. The molecule has 0 saturated heterocycles. The van der Waals surface area contributed by atoms with Gasteiger partial charge in [-0.1, -0.05) is 31.3 Å². The number of thiocarbonyl (C=S) groups is 1. The highest BCUT2D eigenvalue weighted by atomic mass is 32.1. The summed E-state index contributed by atoms with van der Waals surface area (Å²) in [6.45, 7) is 3.17. The highest BCUT2D eigenvalue weighted by Gasteiger charge is 2.28. The molecule has 0 fully saturated rings. The molecule has 1 aromatic carbocycles. The van der Waals surface area contributed by atoms with Gasteiger partial charge in [0.25, 0.3) is 0 Å². The van der Waals surface area contributed by atoms with Gasteiger partial charge >= 0.3 is 0 Å². The summed E-state index contributed by atoms with van der Waals surface area (Å²) < 4.78 is 5.64. The van der Waals surface area contributed by atoms with Crippen LogP contribution in [0.15, 0.2) is 24.3 Å². The minimum atomic E-state index is -0.402. The molecule has 19 heavy (non-hydrogen) atoms. The minimum Gasteiger partial charge on any atom is -0.491 e. The molecule has 0 spiro atoms. The Morgan fingerprint density at radius 1 is 1.53 bits per heavy atom. The second-order valence-electron chi connectivity index (χ2n) is 4.52. The number of ether oxygens (including phenoxy) is 1. The lowest BCUT2D eigenvalue weighted by atomic mass is 10.0. The number of benzene rings is 1. The molecule has 0 bridgehead atoms. The van der Waals surface area contributed by atoms with E-state index in [2.05, 4.69) is 0 Å². The maximum atomic E-state index is 12.6. The molecular weight excluding hydrogens is 260 g/mol. The normalized spacial score (nSPS) is 15.9. The summed E-state index contributed by atoms with van der Waals surface area (Å²) in [4.78, 5) is 14.6. The Labute approximate surface area is 118 Å². The lowest BCUT2D eigenvalue weighted by molar-refractivity contribution is -0.120. The smallest absolute Gasteiger partial charge is 0.237 e. The lowest BCUT2D eigenvalue weighted by Gasteiger charge is -2.25. The van der Waals surface area contributed by atoms with Crippen molar-refractivity contribution in [3.8, 4) is 5.75 Å². The van der Waals surface area contributed by atoms with Crippen LogP contribution >= 0.6 is 12.2 Å². The van der Waals surface area contributed by atoms with Gasteiger partial charge in [0.15, 0.2) is 0 Å². The van der Waals surface area contributed by atoms with Crippen LogP contribution in [-0.4, -0.2) is 24.0 Å². The Bertz CT molecular complexity index is 490. The van der Waals surface area contributed by atoms with Gasteiger partial charge in [0.05, 0.1) is 23.2 Å². The van der Waals surface area contributed by atoms with Crippen molar-refractivity contribution < 1.29 is 9.53 Å². The zero-order chi connectivity index (χ0) is 13.8. The Morgan fingerprint density at radius 2 is 2.26 bits per heavy atom. The van der Waals surface area contributed by atoms with Gasteiger partial charge in [-0.3, -0.25) is 4.79 Å². The van der Waals surface area contributed by atoms with E-state index in [0.717, 1.165) is 17.9 Å². The summed E-state index contributed by atoms with van der Waals surface area (Å²) in [5.74, 6) is 0.306. The van der Waals surface area contributed by atoms with E-state index in [9.17, 15) is 4.79 Å². The minimum absolute atomic E-state index is 0.0343. The van der Waals surface area contributed by atoms with E-state index in [1.165, 1.54) is 0 Å². The van der Waals surface area contributed by atoms with Crippen molar-refractivity contribution in [3.63, 3.8) is 0 Å². The summed E-state index contributed by atoms with van der Waals surface area (Å²) in [6, 6.07) is 7.57. The van der Waals surface area contributed by atoms with Crippen LogP contribution in [0.4, 0.5) is 5.69 Å². The second kappa shape index (κ2) is 6.02. The Hall–Kier alpha value is -1.62. The van der Waals surface area contributed by atoms with Gasteiger partial charge in [-0.15, -0.1) is 0 Å². The van der Waals surface area contributed by atoms with Crippen molar-refractivity contribution in [1.29, 1.82) is 0 Å². The van der Waals surface area contributed by atoms with Crippen molar-refractivity contribution in [3.05, 3.63) is 24.3 Å². The Kier molecular flexibility index (Phi) is 4.37. The SMILES string of the molecule is CCC(C(=O)N1CCCOc2ccccc21)C(N)=S. The molecule has 1 amide bonds. The first-order valence-corrected chi connectivity index (χ1v) is 6.88. The van der Waals surface area contributed by atoms with Gasteiger partial charge in [0, 0.05) is 6.54 Å². The average Bonchev–Trinajstić information content (AvgIpc) is 2.61. The first kappa shape index (κ1) is 13.8. The van der Waals surface area contributed by atoms with Crippen LogP contribution in [0.5, 0.6) is 5.75 Å². The van der Waals surface area contributed by atoms with E-state index in [-0.39, 0.29) is 10.9 Å². The molecule has 1 aromatic rings. The third kappa shape index (κ3) is 2.87. The van der Waals surface area contributed by atoms with Crippen molar-refractivity contribution in [1.82, 2.24) is 0 Å². The molecule has 1 unspecified atom stereocenters. The van der Waals surface area contributed by atoms with Gasteiger partial charge in [-0.2, -0.15) is 0 Å². The van der Waals surface area contributed by atoms with Crippen LogP contribution in [0.1, 0.15) is 19.8 Å². The summed E-state index contributed by atoms with van der Waals surface area (Å²) in [7, 11) is 0. The molecule has 1 heterocycles. The summed E-state index contributed by atoms with van der Waals surface area (Å²) in [5.41, 5.74) is 6.47. The number of para-hydroxylation sites is 2. The number of anilines is 1. The highest BCUT2D eigenvalue weighted by Crippen LogP contribution is 2.31. The first-order chi connectivity index (χ1) is 9.15. The van der Waals surface area contributed by atoms with E-state index in [0.29, 0.717) is 19.6 Å². The fraction of sp³-hybridized carbons (Fsp3) is 0.429. The zero-order valence-electron chi connectivity index (χ0n) is 11.0. The molecule has 2 rings (SSSR count). The van der Waals surface area contributed by atoms with Crippen molar-refractivity contribution >= 4 is 28.8 Å². The van der Waals surface area contributed by atoms with Crippen molar-refractivity contribution in [2.45, 2.75) is 19.8 Å². The molecule has 0 saturated carbocycles. The first-order valence-electron chi connectivity index (χ1n) is 6.47. The number of hydrogen-bond acceptors (Lipinski definition) is 3. The van der Waals surface area contributed by atoms with Crippen LogP contribution < -0.4 is 15.4 Å². The molecule has 0 aliphatic carbocycles. The molecule has 5 heteroatoms. The molecule has 1 aliphatic rings. The molecule has 4 nitrogen and oxygen atoms in total. The topological polar surface area (TPSA) is 55.6 Å². The third-order valence-electron chi connectivity index (χ3n) is 3.26. The van der Waals surface area contributed by atoms with E-state index in [4.69, 9.17) is 22.7 Å². The van der Waals surface area contributed by atoms with E-state index in [1.54, 1.807) is 4.90 Å². The van der Waals surface area contributed by atoms with Crippen LogP contribution in [-0.2, 0) is 4.79 Å². The maximum absolute atomic E-state index is 12.6. The van der Waals surface area contributed by atoms with E-state index >= 15 is 0 Å². The molecule has 0 radical (unpaired) electrons. The van der Waals surface area contributed by atoms with Gasteiger partial charge in [0.2, 0.25) is 5.91 Å². The number of carbonyl (C=O) groups is 1. The number of nitrogens with zero attached hydrogens (tertiary/aromatic N) is 1. The quantitative estimate of drug-likeness (QED) is 0.860. The number of nitrogens with two attached hydrogens (primary N) is 1. The zero-order valence-corrected chi connectivity index (χ0v) is 11.8. The molecule has 102 valence electrons. The van der Waals surface area contributed by atoms with E-state index < -0.39 is 5.92 Å². The number of carbonyl (C=O) groups excluding carboxylic acids is 1. The fourth-order valence-corrected chi connectivity index (χ4v) is 2.51. The largest absolute Gasteiger partial charge is 0.491 e. The molecule has 2 N–H and O–H groups in total. The van der Waals surface area contributed by atoms with Gasteiger partial charge in [-0.05, 0) is 25.0 Å². The number of rotatable bonds is 3. The second-order valence-corrected chi connectivity index (χ2v) is 4.99. The van der Waals surface area contributed by atoms with Crippen molar-refractivity contribution in [2.75, 3.05) is 18.1 Å². The molecular formula is C14H18N2O2S. The number of fused-ring (bicyclic) bond motifs is 1. The van der Waals surface area contributed by atoms with Crippen LogP contribution in [0.2, 0.25) is 0 Å². The van der Waals surface area contributed by atoms with Gasteiger partial charge in [0.1, 0.15) is 5.75 Å². The number of amides is 1. The molecule has 0 aromatic heterocycles. The fourth-order valence-electron chi connectivity index (χ4n) is 2.24. The average molecular weight is 278 g/mol. The molecule has 1 aliphatic heterocycles. The Balaban J connectivity index is 2.33. The number of hydrogen-bond donors (Lipinski definition) is 1. The van der Waals surface area contributed by atoms with Crippen molar-refractivity contribution in [2.24, 2.45) is 11.7 Å². The highest BCUT2D eigenvalue weighted by molar-refractivity contribution is 7.80. The third-order valence-corrected chi connectivity index (χ3v) is 3.54. The standard InChI is InChI=1S/C14H18N2O2S/c1-2-10(13(15)19)14(17)16-8-5-9-18-12-7-4-3-6-11(12)16/h3-4,6-7,10H,2,5,8-9H2,1H3,(H2,15,19). The van der Waals surface area contributed by atoms with Gasteiger partial charge in [-0.25, -0.2) is 0 Å². The predicted molar refractivity (Wildman–Crippen MR) is 79.5 cm³/mol. The summed E-state index contributed by atoms with van der Waals surface area (Å²) in [5, 5.41) is 0. The summed E-state index contributed by atoms with van der Waals surface area (Å²) >= 11 is 4.99. The summed E-state index contributed by atoms with van der Waals surface area (Å²) in [6.07, 6.45) is 1.42. The van der Waals surface area contributed by atoms with Crippen LogP contribution in [0, 0.1) is 5.92 Å². The monoisotopic (exact) mass is 278 g/mol. The van der Waals surface area contributed by atoms with Crippen LogP contribution in [0.3, 0.4) is 0 Å².